The van der Waals surface area contributed by atoms with Crippen LogP contribution in [-0.4, -0.2) is 5.91 Å². The van der Waals surface area contributed by atoms with Crippen molar-refractivity contribution in [3.05, 3.63) is 25.6 Å². The Kier molecular flexibility index (Phi) is 4.15. The molecule has 1 aromatic rings. The van der Waals surface area contributed by atoms with Gasteiger partial charge < -0.3 is 5.32 Å². The fourth-order valence-electron chi connectivity index (χ4n) is 1.81. The molecule has 6 heteroatoms. The molecule has 0 heterocycles. The summed E-state index contributed by atoms with van der Waals surface area (Å²) in [5, 5.41) is 11.9. The van der Waals surface area contributed by atoms with Gasteiger partial charge in [-0.25, -0.2) is 0 Å². The van der Waals surface area contributed by atoms with E-state index in [1.807, 2.05) is 12.1 Å². The second-order valence-corrected chi connectivity index (χ2v) is 6.87. The number of nitriles is 1. The number of anilines is 1. The number of nitrogens with zero attached hydrogens (tertiary/aromatic N) is 1. The van der Waals surface area contributed by atoms with Gasteiger partial charge in [-0.2, -0.15) is 5.26 Å². The van der Waals surface area contributed by atoms with Gasteiger partial charge in [0.2, 0.25) is 5.91 Å². The van der Waals surface area contributed by atoms with E-state index in [1.54, 1.807) is 0 Å². The van der Waals surface area contributed by atoms with Gasteiger partial charge in [-0.1, -0.05) is 15.9 Å². The Labute approximate surface area is 130 Å². The normalized spacial score (nSPS) is 16.6. The van der Waals surface area contributed by atoms with Gasteiger partial charge in [0.05, 0.1) is 11.8 Å². The van der Waals surface area contributed by atoms with Gasteiger partial charge in [0, 0.05) is 13.4 Å². The van der Waals surface area contributed by atoms with Gasteiger partial charge >= 0.3 is 0 Å². The standard InChI is InChI=1S/C12H9Br3N2O/c13-7-4-8(14)10(9(15)5-7)17-11(18)12(6-16)2-1-3-12/h4-5H,1-3H2,(H,17,18). The highest BCUT2D eigenvalue weighted by atomic mass is 79.9. The Balaban J connectivity index is 2.25. The lowest BCUT2D eigenvalue weighted by atomic mass is 9.69. The van der Waals surface area contributed by atoms with E-state index < -0.39 is 5.41 Å². The number of carbonyl (C=O) groups excluding carboxylic acids is 1. The molecular weight excluding hydrogens is 428 g/mol. The molecule has 3 nitrogen and oxygen atoms in total. The predicted molar refractivity (Wildman–Crippen MR) is 80.1 cm³/mol. The molecule has 0 saturated heterocycles. The third-order valence-electron chi connectivity index (χ3n) is 3.10. The first-order valence-corrected chi connectivity index (χ1v) is 7.74. The van der Waals surface area contributed by atoms with Gasteiger partial charge in [0.25, 0.3) is 0 Å². The molecule has 0 aromatic heterocycles. The monoisotopic (exact) mass is 434 g/mol. The second-order valence-electron chi connectivity index (χ2n) is 4.25. The lowest BCUT2D eigenvalue weighted by molar-refractivity contribution is -0.126. The van der Waals surface area contributed by atoms with Gasteiger partial charge in [0.15, 0.2) is 0 Å². The number of hydrogen-bond acceptors (Lipinski definition) is 2. The molecule has 1 aliphatic carbocycles. The maximum absolute atomic E-state index is 12.2. The fourth-order valence-corrected chi connectivity index (χ4v) is 4.27. The van der Waals surface area contributed by atoms with E-state index in [9.17, 15) is 4.79 Å². The quantitative estimate of drug-likeness (QED) is 0.736. The zero-order valence-electron chi connectivity index (χ0n) is 9.27. The molecule has 1 saturated carbocycles. The van der Waals surface area contributed by atoms with E-state index >= 15 is 0 Å². The summed E-state index contributed by atoms with van der Waals surface area (Å²) in [6.45, 7) is 0. The number of hydrogen-bond donors (Lipinski definition) is 1. The van der Waals surface area contributed by atoms with Crippen LogP contribution in [0.4, 0.5) is 5.69 Å². The number of halogens is 3. The average Bonchev–Trinajstić information content (AvgIpc) is 2.22. The highest BCUT2D eigenvalue weighted by Crippen LogP contribution is 2.42. The van der Waals surface area contributed by atoms with Gasteiger partial charge in [0.1, 0.15) is 5.41 Å². The molecule has 2 rings (SSSR count). The Morgan fingerprint density at radius 3 is 2.22 bits per heavy atom. The number of benzene rings is 1. The molecule has 0 aliphatic heterocycles. The minimum absolute atomic E-state index is 0.222. The van der Waals surface area contributed by atoms with Crippen molar-refractivity contribution in [1.29, 1.82) is 5.26 Å². The van der Waals surface area contributed by atoms with Gasteiger partial charge in [-0.15, -0.1) is 0 Å². The SMILES string of the molecule is N#CC1(C(=O)Nc2c(Br)cc(Br)cc2Br)CCC1. The lowest BCUT2D eigenvalue weighted by Gasteiger charge is -2.33. The van der Waals surface area contributed by atoms with Crippen molar-refractivity contribution < 1.29 is 4.79 Å². The Hall–Kier alpha value is -0.380. The van der Waals surface area contributed by atoms with Crippen molar-refractivity contribution in [3.63, 3.8) is 0 Å². The molecule has 0 atom stereocenters. The Morgan fingerprint density at radius 1 is 1.28 bits per heavy atom. The topological polar surface area (TPSA) is 52.9 Å². The van der Waals surface area contributed by atoms with Gasteiger partial charge in [-0.3, -0.25) is 4.79 Å². The van der Waals surface area contributed by atoms with Crippen LogP contribution in [0.2, 0.25) is 0 Å². The van der Waals surface area contributed by atoms with Gasteiger partial charge in [-0.05, 0) is 63.3 Å². The molecule has 1 aromatic carbocycles. The van der Waals surface area contributed by atoms with E-state index in [-0.39, 0.29) is 5.91 Å². The van der Waals surface area contributed by atoms with E-state index in [4.69, 9.17) is 5.26 Å². The summed E-state index contributed by atoms with van der Waals surface area (Å²) in [7, 11) is 0. The summed E-state index contributed by atoms with van der Waals surface area (Å²) in [6.07, 6.45) is 2.21. The molecule has 0 unspecified atom stereocenters. The van der Waals surface area contributed by atoms with Crippen LogP contribution >= 0.6 is 47.8 Å². The molecule has 1 aliphatic rings. The number of amides is 1. The van der Waals surface area contributed by atoms with Crippen molar-refractivity contribution in [2.75, 3.05) is 5.32 Å². The number of carbonyl (C=O) groups is 1. The number of rotatable bonds is 2. The van der Waals surface area contributed by atoms with Crippen molar-refractivity contribution in [2.24, 2.45) is 5.41 Å². The van der Waals surface area contributed by atoms with E-state index in [1.165, 1.54) is 0 Å². The van der Waals surface area contributed by atoms with E-state index in [2.05, 4.69) is 59.2 Å². The van der Waals surface area contributed by atoms with Crippen LogP contribution in [0, 0.1) is 16.7 Å². The minimum atomic E-state index is -0.841. The van der Waals surface area contributed by atoms with Crippen LogP contribution < -0.4 is 5.32 Å². The van der Waals surface area contributed by atoms with Crippen molar-refractivity contribution in [3.8, 4) is 6.07 Å². The third-order valence-corrected chi connectivity index (χ3v) is 4.81. The largest absolute Gasteiger partial charge is 0.323 e. The van der Waals surface area contributed by atoms with Crippen molar-refractivity contribution in [2.45, 2.75) is 19.3 Å². The summed E-state index contributed by atoms with van der Waals surface area (Å²) >= 11 is 10.2. The summed E-state index contributed by atoms with van der Waals surface area (Å²) < 4.78 is 2.44. The molecule has 94 valence electrons. The Morgan fingerprint density at radius 2 is 1.83 bits per heavy atom. The first-order valence-electron chi connectivity index (χ1n) is 5.36. The Bertz CT molecular complexity index is 524. The smallest absolute Gasteiger partial charge is 0.244 e. The molecule has 1 amide bonds. The fraction of sp³-hybridized carbons (Fsp3) is 0.333. The maximum Gasteiger partial charge on any atom is 0.244 e. The highest BCUT2D eigenvalue weighted by molar-refractivity contribution is 9.11. The third kappa shape index (κ3) is 2.49. The molecule has 1 N–H and O–H groups in total. The van der Waals surface area contributed by atoms with E-state index in [0.29, 0.717) is 18.5 Å². The zero-order chi connectivity index (χ0) is 13.3. The number of nitrogens with one attached hydrogen (secondary N) is 1. The second kappa shape index (κ2) is 5.32. The maximum atomic E-state index is 12.2. The van der Waals surface area contributed by atoms with Crippen molar-refractivity contribution >= 4 is 59.4 Å². The van der Waals surface area contributed by atoms with Crippen LogP contribution in [-0.2, 0) is 4.79 Å². The summed E-state index contributed by atoms with van der Waals surface area (Å²) in [5.74, 6) is -0.222. The summed E-state index contributed by atoms with van der Waals surface area (Å²) in [5.41, 5.74) is -0.184. The summed E-state index contributed by atoms with van der Waals surface area (Å²) in [4.78, 5) is 12.2. The molecule has 0 radical (unpaired) electrons. The zero-order valence-corrected chi connectivity index (χ0v) is 14.0. The van der Waals surface area contributed by atoms with Crippen LogP contribution in [0.15, 0.2) is 25.6 Å². The minimum Gasteiger partial charge on any atom is -0.323 e. The molecular formula is C12H9Br3N2O. The lowest BCUT2D eigenvalue weighted by Crippen LogP contribution is -2.40. The van der Waals surface area contributed by atoms with Crippen LogP contribution in [0.1, 0.15) is 19.3 Å². The highest BCUT2D eigenvalue weighted by Gasteiger charge is 2.44. The molecule has 18 heavy (non-hydrogen) atoms. The first kappa shape index (κ1) is 14.0. The van der Waals surface area contributed by atoms with Crippen molar-refractivity contribution in [1.82, 2.24) is 0 Å². The molecule has 0 spiro atoms. The summed E-state index contributed by atoms with van der Waals surface area (Å²) in [6, 6.07) is 5.83. The molecule has 1 fully saturated rings. The van der Waals surface area contributed by atoms with Crippen LogP contribution in [0.25, 0.3) is 0 Å². The van der Waals surface area contributed by atoms with Crippen LogP contribution in [0.3, 0.4) is 0 Å². The first-order chi connectivity index (χ1) is 8.48. The average molecular weight is 437 g/mol. The molecule has 0 bridgehead atoms. The van der Waals surface area contributed by atoms with Crippen LogP contribution in [0.5, 0.6) is 0 Å². The van der Waals surface area contributed by atoms with E-state index in [0.717, 1.165) is 19.8 Å². The predicted octanol–water partition coefficient (Wildman–Crippen LogP) is 4.61.